The fourth-order valence-corrected chi connectivity index (χ4v) is 4.92. The Balaban J connectivity index is 1.93. The SMILES string of the molecule is COc1ccc2cc([C@H](C)Nc3cccc(N(CC(C)C)S(C)(=O)=O)c3)c(=O)[nH]c2c1Cl. The maximum absolute atomic E-state index is 12.8. The number of hydrogen-bond acceptors (Lipinski definition) is 5. The zero-order valence-corrected chi connectivity index (χ0v) is 20.3. The Morgan fingerprint density at radius 2 is 1.88 bits per heavy atom. The predicted molar refractivity (Wildman–Crippen MR) is 132 cm³/mol. The van der Waals surface area contributed by atoms with Crippen LogP contribution in [-0.2, 0) is 10.0 Å². The molecule has 1 aromatic heterocycles. The maximum Gasteiger partial charge on any atom is 0.253 e. The molecular weight excluding hydrogens is 450 g/mol. The summed E-state index contributed by atoms with van der Waals surface area (Å²) in [6, 6.07) is 12.2. The van der Waals surface area contributed by atoms with Gasteiger partial charge in [-0.25, -0.2) is 8.42 Å². The number of H-pyrrole nitrogens is 1. The first kappa shape index (κ1) is 23.9. The second kappa shape index (κ2) is 9.42. The van der Waals surface area contributed by atoms with Crippen LogP contribution in [0.15, 0.2) is 47.3 Å². The highest BCUT2D eigenvalue weighted by Crippen LogP contribution is 2.32. The van der Waals surface area contributed by atoms with Crippen LogP contribution in [0.2, 0.25) is 5.02 Å². The molecule has 32 heavy (non-hydrogen) atoms. The highest BCUT2D eigenvalue weighted by Gasteiger charge is 2.20. The van der Waals surface area contributed by atoms with E-state index in [1.54, 1.807) is 30.3 Å². The number of anilines is 2. The number of aromatic nitrogens is 1. The monoisotopic (exact) mass is 477 g/mol. The smallest absolute Gasteiger partial charge is 0.253 e. The fraction of sp³-hybridized carbons (Fsp3) is 0.348. The van der Waals surface area contributed by atoms with E-state index in [1.807, 2.05) is 32.9 Å². The minimum atomic E-state index is -3.42. The Hall–Kier alpha value is -2.71. The third-order valence-corrected chi connectivity index (χ3v) is 6.62. The van der Waals surface area contributed by atoms with Crippen molar-refractivity contribution in [2.24, 2.45) is 5.92 Å². The van der Waals surface area contributed by atoms with Gasteiger partial charge < -0.3 is 15.0 Å². The molecule has 0 aliphatic carbocycles. The number of methoxy groups -OCH3 is 1. The standard InChI is InChI=1S/C23H28ClN3O4S/c1-14(2)13-27(32(5,29)30)18-8-6-7-17(12-18)25-15(3)19-11-16-9-10-20(31-4)21(24)22(16)26-23(19)28/h6-12,14-15,25H,13H2,1-5H3,(H,26,28)/t15-/m0/s1. The predicted octanol–water partition coefficient (Wildman–Crippen LogP) is 4.79. The Bertz CT molecular complexity index is 1290. The summed E-state index contributed by atoms with van der Waals surface area (Å²) in [6.07, 6.45) is 1.20. The summed E-state index contributed by atoms with van der Waals surface area (Å²) in [5.74, 6) is 0.657. The molecule has 0 saturated carbocycles. The molecule has 0 aliphatic rings. The van der Waals surface area contributed by atoms with Crippen molar-refractivity contribution < 1.29 is 13.2 Å². The van der Waals surface area contributed by atoms with Crippen LogP contribution in [-0.4, -0.2) is 33.3 Å². The number of nitrogens with zero attached hydrogens (tertiary/aromatic N) is 1. The average Bonchev–Trinajstić information content (AvgIpc) is 2.71. The number of sulfonamides is 1. The molecule has 0 saturated heterocycles. The summed E-state index contributed by atoms with van der Waals surface area (Å²) >= 11 is 6.33. The van der Waals surface area contributed by atoms with E-state index in [4.69, 9.17) is 16.3 Å². The van der Waals surface area contributed by atoms with Crippen LogP contribution in [0.3, 0.4) is 0 Å². The second-order valence-corrected chi connectivity index (χ2v) is 10.5. The van der Waals surface area contributed by atoms with Crippen LogP contribution < -0.4 is 19.9 Å². The lowest BCUT2D eigenvalue weighted by Crippen LogP contribution is -2.33. The van der Waals surface area contributed by atoms with E-state index in [2.05, 4.69) is 10.3 Å². The number of halogens is 1. The lowest BCUT2D eigenvalue weighted by atomic mass is 10.1. The number of nitrogens with one attached hydrogen (secondary N) is 2. The molecule has 3 rings (SSSR count). The minimum absolute atomic E-state index is 0.168. The van der Waals surface area contributed by atoms with Gasteiger partial charge in [0.2, 0.25) is 10.0 Å². The van der Waals surface area contributed by atoms with Crippen molar-refractivity contribution in [2.75, 3.05) is 29.5 Å². The van der Waals surface area contributed by atoms with Crippen molar-refractivity contribution in [1.82, 2.24) is 4.98 Å². The molecule has 0 radical (unpaired) electrons. The highest BCUT2D eigenvalue weighted by molar-refractivity contribution is 7.92. The molecule has 0 bridgehead atoms. The van der Waals surface area contributed by atoms with Gasteiger partial charge in [-0.15, -0.1) is 0 Å². The van der Waals surface area contributed by atoms with Crippen molar-refractivity contribution in [3.05, 3.63) is 63.4 Å². The quantitative estimate of drug-likeness (QED) is 0.487. The average molecular weight is 478 g/mol. The number of rotatable bonds is 8. The fourth-order valence-electron chi connectivity index (χ4n) is 3.56. The molecule has 2 aromatic carbocycles. The molecule has 3 aromatic rings. The molecule has 0 fully saturated rings. The van der Waals surface area contributed by atoms with Crippen LogP contribution >= 0.6 is 11.6 Å². The third kappa shape index (κ3) is 5.19. The summed E-state index contributed by atoms with van der Waals surface area (Å²) in [5.41, 5.74) is 2.07. The summed E-state index contributed by atoms with van der Waals surface area (Å²) < 4.78 is 31.2. The molecule has 0 amide bonds. The summed E-state index contributed by atoms with van der Waals surface area (Å²) in [4.78, 5) is 15.6. The van der Waals surface area contributed by atoms with Crippen LogP contribution in [0.25, 0.3) is 10.9 Å². The van der Waals surface area contributed by atoms with Gasteiger partial charge in [-0.2, -0.15) is 0 Å². The molecule has 172 valence electrons. The van der Waals surface area contributed by atoms with Gasteiger partial charge in [0.1, 0.15) is 10.8 Å². The molecular formula is C23H28ClN3O4S. The van der Waals surface area contributed by atoms with Crippen LogP contribution in [0, 0.1) is 5.92 Å². The topological polar surface area (TPSA) is 91.5 Å². The third-order valence-electron chi connectivity index (χ3n) is 5.09. The van der Waals surface area contributed by atoms with Crippen LogP contribution in [0.4, 0.5) is 11.4 Å². The molecule has 7 nitrogen and oxygen atoms in total. The summed E-state index contributed by atoms with van der Waals surface area (Å²) in [5, 5.41) is 4.44. The molecule has 0 spiro atoms. The van der Waals surface area contributed by atoms with Gasteiger partial charge in [0, 0.05) is 23.2 Å². The zero-order chi connectivity index (χ0) is 23.6. The van der Waals surface area contributed by atoms with Gasteiger partial charge in [-0.05, 0) is 49.2 Å². The number of aromatic amines is 1. The largest absolute Gasteiger partial charge is 0.495 e. The number of ether oxygens (including phenoxy) is 1. The first-order valence-electron chi connectivity index (χ1n) is 10.2. The van der Waals surface area contributed by atoms with E-state index < -0.39 is 10.0 Å². The number of hydrogen-bond donors (Lipinski definition) is 2. The number of benzene rings is 2. The minimum Gasteiger partial charge on any atom is -0.495 e. The van der Waals surface area contributed by atoms with Gasteiger partial charge in [0.15, 0.2) is 0 Å². The first-order chi connectivity index (χ1) is 15.0. The number of fused-ring (bicyclic) bond motifs is 1. The number of pyridine rings is 1. The van der Waals surface area contributed by atoms with Crippen molar-refractivity contribution in [1.29, 1.82) is 0 Å². The van der Waals surface area contributed by atoms with Crippen LogP contribution in [0.1, 0.15) is 32.4 Å². The van der Waals surface area contributed by atoms with Crippen molar-refractivity contribution in [3.8, 4) is 5.75 Å². The zero-order valence-electron chi connectivity index (χ0n) is 18.8. The van der Waals surface area contributed by atoms with E-state index in [1.165, 1.54) is 17.7 Å². The molecule has 2 N–H and O–H groups in total. The van der Waals surface area contributed by atoms with Gasteiger partial charge in [-0.1, -0.05) is 31.5 Å². The molecule has 1 atom stereocenters. The molecule has 9 heteroatoms. The Morgan fingerprint density at radius 1 is 1.16 bits per heavy atom. The van der Waals surface area contributed by atoms with Gasteiger partial charge in [-0.3, -0.25) is 9.10 Å². The molecule has 1 heterocycles. The first-order valence-corrected chi connectivity index (χ1v) is 12.5. The van der Waals surface area contributed by atoms with E-state index in [9.17, 15) is 13.2 Å². The molecule has 0 unspecified atom stereocenters. The highest BCUT2D eigenvalue weighted by atomic mass is 35.5. The van der Waals surface area contributed by atoms with Crippen molar-refractivity contribution in [3.63, 3.8) is 0 Å². The van der Waals surface area contributed by atoms with E-state index >= 15 is 0 Å². The summed E-state index contributed by atoms with van der Waals surface area (Å²) in [6.45, 7) is 6.19. The molecule has 0 aliphatic heterocycles. The van der Waals surface area contributed by atoms with Gasteiger partial charge in [0.05, 0.1) is 30.6 Å². The maximum atomic E-state index is 12.8. The lowest BCUT2D eigenvalue weighted by Gasteiger charge is -2.25. The normalized spacial score (nSPS) is 12.7. The summed E-state index contributed by atoms with van der Waals surface area (Å²) in [7, 11) is -1.90. The van der Waals surface area contributed by atoms with Gasteiger partial charge >= 0.3 is 0 Å². The van der Waals surface area contributed by atoms with E-state index in [0.717, 1.165) is 5.39 Å². The Labute approximate surface area is 193 Å². The second-order valence-electron chi connectivity index (χ2n) is 8.20. The van der Waals surface area contributed by atoms with E-state index in [0.29, 0.717) is 39.8 Å². The Kier molecular flexibility index (Phi) is 7.05. The lowest BCUT2D eigenvalue weighted by molar-refractivity contribution is 0.415. The van der Waals surface area contributed by atoms with E-state index in [-0.39, 0.29) is 17.5 Å². The van der Waals surface area contributed by atoms with Crippen molar-refractivity contribution in [2.45, 2.75) is 26.8 Å². The van der Waals surface area contributed by atoms with Crippen molar-refractivity contribution >= 4 is 43.9 Å². The van der Waals surface area contributed by atoms with Crippen LogP contribution in [0.5, 0.6) is 5.75 Å². The van der Waals surface area contributed by atoms with Gasteiger partial charge in [0.25, 0.3) is 5.56 Å². The Morgan fingerprint density at radius 3 is 2.50 bits per heavy atom.